The van der Waals surface area contributed by atoms with Crippen molar-refractivity contribution in [1.29, 1.82) is 0 Å². The van der Waals surface area contributed by atoms with Crippen molar-refractivity contribution in [2.75, 3.05) is 6.54 Å². The van der Waals surface area contributed by atoms with Gasteiger partial charge in [-0.05, 0) is 40.2 Å². The fraction of sp³-hybridized carbons (Fsp3) is 0.846. The Labute approximate surface area is 114 Å². The van der Waals surface area contributed by atoms with Crippen LogP contribution in [0.3, 0.4) is 0 Å². The summed E-state index contributed by atoms with van der Waals surface area (Å²) in [4.78, 5) is 22.5. The largest absolute Gasteiger partial charge is 0.480 e. The second kappa shape index (κ2) is 7.99. The van der Waals surface area contributed by atoms with E-state index in [0.29, 0.717) is 18.9 Å². The van der Waals surface area contributed by atoms with Gasteiger partial charge in [0.1, 0.15) is 11.6 Å². The first-order valence-electron chi connectivity index (χ1n) is 6.57. The quantitative estimate of drug-likeness (QED) is 0.615. The van der Waals surface area contributed by atoms with Gasteiger partial charge >= 0.3 is 12.1 Å². The molecular formula is C13H26N2O4. The third-order valence-electron chi connectivity index (χ3n) is 2.21. The number of carboxylic acid groups (broad SMARTS) is 1. The van der Waals surface area contributed by atoms with Gasteiger partial charge in [-0.15, -0.1) is 0 Å². The molecular weight excluding hydrogens is 248 g/mol. The molecule has 0 spiro atoms. The number of hydrogen-bond donors (Lipinski definition) is 3. The number of nitrogens with one attached hydrogen (secondary N) is 2. The van der Waals surface area contributed by atoms with Crippen molar-refractivity contribution in [2.24, 2.45) is 0 Å². The van der Waals surface area contributed by atoms with E-state index in [4.69, 9.17) is 9.84 Å². The highest BCUT2D eigenvalue weighted by Gasteiger charge is 2.23. The molecule has 0 heterocycles. The summed E-state index contributed by atoms with van der Waals surface area (Å²) in [5, 5.41) is 14.6. The molecule has 19 heavy (non-hydrogen) atoms. The zero-order valence-corrected chi connectivity index (χ0v) is 12.4. The van der Waals surface area contributed by atoms with Gasteiger partial charge < -0.3 is 20.5 Å². The van der Waals surface area contributed by atoms with E-state index in [2.05, 4.69) is 10.6 Å². The van der Waals surface area contributed by atoms with E-state index >= 15 is 0 Å². The third kappa shape index (κ3) is 10.3. The van der Waals surface area contributed by atoms with Gasteiger partial charge in [0, 0.05) is 6.04 Å². The molecule has 0 aromatic carbocycles. The van der Waals surface area contributed by atoms with Crippen molar-refractivity contribution in [1.82, 2.24) is 10.6 Å². The average Bonchev–Trinajstić information content (AvgIpc) is 2.19. The zero-order chi connectivity index (χ0) is 15.1. The maximum Gasteiger partial charge on any atom is 0.408 e. The predicted octanol–water partition coefficient (Wildman–Crippen LogP) is 1.74. The topological polar surface area (TPSA) is 87.7 Å². The Hall–Kier alpha value is -1.30. The normalized spacial score (nSPS) is 13.2. The number of hydrogen-bond acceptors (Lipinski definition) is 4. The van der Waals surface area contributed by atoms with Gasteiger partial charge in [-0.25, -0.2) is 9.59 Å². The highest BCUT2D eigenvalue weighted by atomic mass is 16.6. The van der Waals surface area contributed by atoms with Gasteiger partial charge in [0.2, 0.25) is 0 Å². The second-order valence-electron chi connectivity index (χ2n) is 5.79. The van der Waals surface area contributed by atoms with Crippen molar-refractivity contribution in [3.05, 3.63) is 0 Å². The Morgan fingerprint density at radius 1 is 1.26 bits per heavy atom. The summed E-state index contributed by atoms with van der Waals surface area (Å²) < 4.78 is 5.03. The van der Waals surface area contributed by atoms with E-state index in [0.717, 1.165) is 6.54 Å². The molecule has 0 aliphatic rings. The molecule has 1 amide bonds. The van der Waals surface area contributed by atoms with Crippen LogP contribution < -0.4 is 10.6 Å². The van der Waals surface area contributed by atoms with Gasteiger partial charge in [0.05, 0.1) is 0 Å². The first-order chi connectivity index (χ1) is 8.61. The van der Waals surface area contributed by atoms with Crippen molar-refractivity contribution in [3.8, 4) is 0 Å². The predicted molar refractivity (Wildman–Crippen MR) is 73.2 cm³/mol. The summed E-state index contributed by atoms with van der Waals surface area (Å²) in [6, 6.07) is -0.550. The molecule has 112 valence electrons. The molecule has 6 nitrogen and oxygen atoms in total. The minimum atomic E-state index is -1.05. The molecule has 0 bridgehead atoms. The molecule has 0 aromatic heterocycles. The molecule has 3 N–H and O–H groups in total. The van der Waals surface area contributed by atoms with E-state index in [1.165, 1.54) is 0 Å². The monoisotopic (exact) mass is 274 g/mol. The summed E-state index contributed by atoms with van der Waals surface area (Å²) in [5.41, 5.74) is -0.633. The molecule has 1 atom stereocenters. The van der Waals surface area contributed by atoms with Gasteiger partial charge in [-0.2, -0.15) is 0 Å². The van der Waals surface area contributed by atoms with E-state index in [-0.39, 0.29) is 0 Å². The number of carbonyl (C=O) groups excluding carboxylic acids is 1. The SMILES string of the molecule is CC(C)NCCC[C@H](NC(=O)OC(C)(C)C)C(=O)O. The van der Waals surface area contributed by atoms with Crippen molar-refractivity contribution >= 4 is 12.1 Å². The lowest BCUT2D eigenvalue weighted by atomic mass is 10.1. The highest BCUT2D eigenvalue weighted by molar-refractivity contribution is 5.79. The molecule has 0 saturated heterocycles. The molecule has 0 fully saturated rings. The van der Waals surface area contributed by atoms with Crippen LogP contribution in [0.25, 0.3) is 0 Å². The lowest BCUT2D eigenvalue weighted by Crippen LogP contribution is -2.43. The lowest BCUT2D eigenvalue weighted by molar-refractivity contribution is -0.139. The van der Waals surface area contributed by atoms with Crippen LogP contribution in [0.1, 0.15) is 47.5 Å². The summed E-state index contributed by atoms with van der Waals surface area (Å²) in [6.45, 7) is 9.96. The second-order valence-corrected chi connectivity index (χ2v) is 5.79. The Bertz CT molecular complexity index is 298. The average molecular weight is 274 g/mol. The molecule has 0 unspecified atom stereocenters. The van der Waals surface area contributed by atoms with Crippen LogP contribution in [-0.4, -0.2) is 41.4 Å². The molecule has 6 heteroatoms. The van der Waals surface area contributed by atoms with Crippen LogP contribution in [0, 0.1) is 0 Å². The Balaban J connectivity index is 4.12. The number of carboxylic acids is 1. The first-order valence-corrected chi connectivity index (χ1v) is 6.57. The minimum absolute atomic E-state index is 0.363. The van der Waals surface area contributed by atoms with Gasteiger partial charge in [0.15, 0.2) is 0 Å². The van der Waals surface area contributed by atoms with Crippen LogP contribution >= 0.6 is 0 Å². The summed E-state index contributed by atoms with van der Waals surface area (Å²) in [6.07, 6.45) is 0.343. The van der Waals surface area contributed by atoms with E-state index in [1.807, 2.05) is 13.8 Å². The first kappa shape index (κ1) is 17.7. The number of amides is 1. The van der Waals surface area contributed by atoms with Crippen LogP contribution in [0.4, 0.5) is 4.79 Å². The fourth-order valence-electron chi connectivity index (χ4n) is 1.40. The van der Waals surface area contributed by atoms with Gasteiger partial charge in [0.25, 0.3) is 0 Å². The Morgan fingerprint density at radius 2 is 1.84 bits per heavy atom. The molecule has 0 aliphatic heterocycles. The number of alkyl carbamates (subject to hydrolysis) is 1. The van der Waals surface area contributed by atoms with E-state index in [9.17, 15) is 9.59 Å². The maximum atomic E-state index is 11.5. The summed E-state index contributed by atoms with van der Waals surface area (Å²) in [5.74, 6) is -1.05. The fourth-order valence-corrected chi connectivity index (χ4v) is 1.40. The van der Waals surface area contributed by atoms with Gasteiger partial charge in [-0.3, -0.25) is 0 Å². The minimum Gasteiger partial charge on any atom is -0.480 e. The van der Waals surface area contributed by atoms with Crippen molar-refractivity contribution in [3.63, 3.8) is 0 Å². The number of aliphatic carboxylic acids is 1. The van der Waals surface area contributed by atoms with Crippen LogP contribution in [0.2, 0.25) is 0 Å². The lowest BCUT2D eigenvalue weighted by Gasteiger charge is -2.22. The Kier molecular flexibility index (Phi) is 7.44. The molecule has 0 saturated carbocycles. The van der Waals surface area contributed by atoms with Gasteiger partial charge in [-0.1, -0.05) is 13.8 Å². The molecule has 0 aliphatic carbocycles. The standard InChI is InChI=1S/C13H26N2O4/c1-9(2)14-8-6-7-10(11(16)17)15-12(18)19-13(3,4)5/h9-10,14H,6-8H2,1-5H3,(H,15,18)(H,16,17)/t10-/m0/s1. The Morgan fingerprint density at radius 3 is 2.26 bits per heavy atom. The van der Waals surface area contributed by atoms with Crippen LogP contribution in [0.15, 0.2) is 0 Å². The zero-order valence-electron chi connectivity index (χ0n) is 12.4. The van der Waals surface area contributed by atoms with Crippen molar-refractivity contribution < 1.29 is 19.4 Å². The van der Waals surface area contributed by atoms with E-state index < -0.39 is 23.7 Å². The molecule has 0 aromatic rings. The maximum absolute atomic E-state index is 11.5. The number of carbonyl (C=O) groups is 2. The molecule has 0 radical (unpaired) electrons. The summed E-state index contributed by atoms with van der Waals surface area (Å²) in [7, 11) is 0. The molecule has 0 rings (SSSR count). The highest BCUT2D eigenvalue weighted by Crippen LogP contribution is 2.07. The van der Waals surface area contributed by atoms with Crippen LogP contribution in [-0.2, 0) is 9.53 Å². The smallest absolute Gasteiger partial charge is 0.408 e. The summed E-state index contributed by atoms with van der Waals surface area (Å²) >= 11 is 0. The van der Waals surface area contributed by atoms with Crippen molar-refractivity contribution in [2.45, 2.75) is 65.1 Å². The third-order valence-corrected chi connectivity index (χ3v) is 2.21. The van der Waals surface area contributed by atoms with E-state index in [1.54, 1.807) is 20.8 Å². The number of ether oxygens (including phenoxy) is 1. The number of rotatable bonds is 7. The van der Waals surface area contributed by atoms with Crippen LogP contribution in [0.5, 0.6) is 0 Å².